The molecule has 3 nitrogen and oxygen atoms in total. The summed E-state index contributed by atoms with van der Waals surface area (Å²) in [5.41, 5.74) is 0. The summed E-state index contributed by atoms with van der Waals surface area (Å²) in [6, 6.07) is 12.0. The number of hydrogen-bond donors (Lipinski definition) is 1. The van der Waals surface area contributed by atoms with Gasteiger partial charge in [-0.2, -0.15) is 0 Å². The van der Waals surface area contributed by atoms with E-state index >= 15 is 0 Å². The van der Waals surface area contributed by atoms with Crippen LogP contribution in [0.4, 0.5) is 0 Å². The van der Waals surface area contributed by atoms with Gasteiger partial charge in [0, 0.05) is 0 Å². The van der Waals surface area contributed by atoms with Crippen LogP contribution in [0.2, 0.25) is 0 Å². The summed E-state index contributed by atoms with van der Waals surface area (Å²) in [6.07, 6.45) is 7.00. The largest absolute Gasteiger partial charge is 0.503 e. The van der Waals surface area contributed by atoms with Crippen LogP contribution in [0.3, 0.4) is 0 Å². The lowest BCUT2D eigenvalue weighted by molar-refractivity contribution is -1.63. The molecular formula is C18H31IO3. The van der Waals surface area contributed by atoms with Gasteiger partial charge in [-0.25, -0.2) is 0 Å². The van der Waals surface area contributed by atoms with Crippen molar-refractivity contribution in [2.24, 2.45) is 0 Å². The van der Waals surface area contributed by atoms with E-state index in [1.54, 1.807) is 24.3 Å². The number of halogens is 1. The van der Waals surface area contributed by atoms with Crippen molar-refractivity contribution in [2.45, 2.75) is 27.7 Å². The Morgan fingerprint density at radius 3 is 0.727 bits per heavy atom. The first kappa shape index (κ1) is 32.7. The Kier molecular flexibility index (Phi) is 74.6. The molecule has 128 valence electrons. The van der Waals surface area contributed by atoms with Crippen molar-refractivity contribution < 1.29 is 31.4 Å². The number of benzene rings is 1. The smallest absolute Gasteiger partial charge is 0.396 e. The zero-order chi connectivity index (χ0) is 18.6. The van der Waals surface area contributed by atoms with Gasteiger partial charge in [-0.3, -0.25) is 0 Å². The lowest BCUT2D eigenvalue weighted by Crippen LogP contribution is -3.98. The van der Waals surface area contributed by atoms with Gasteiger partial charge in [-0.05, 0) is 31.1 Å². The molecule has 22 heavy (non-hydrogen) atoms. The molecule has 0 aliphatic carbocycles. The van der Waals surface area contributed by atoms with Crippen LogP contribution in [0.1, 0.15) is 27.7 Å². The third-order valence-corrected chi connectivity index (χ3v) is 0.667. The zero-order valence-electron chi connectivity index (χ0n) is 14.2. The van der Waals surface area contributed by atoms with E-state index in [0.717, 1.165) is 0 Å². The summed E-state index contributed by atoms with van der Waals surface area (Å²) in [5.74, 6) is 0. The quantitative estimate of drug-likeness (QED) is 0.490. The van der Waals surface area contributed by atoms with Gasteiger partial charge < -0.3 is 6.87 Å². The molecule has 1 aromatic rings. The van der Waals surface area contributed by atoms with Crippen molar-refractivity contribution in [3.05, 3.63) is 87.0 Å². The fraction of sp³-hybridized carbons (Fsp3) is 0.222. The van der Waals surface area contributed by atoms with Gasteiger partial charge in [0.1, 0.15) is 0 Å². The lowest BCUT2D eigenvalue weighted by Gasteiger charge is -1.69. The van der Waals surface area contributed by atoms with Crippen LogP contribution in [0.5, 0.6) is 0 Å². The van der Waals surface area contributed by atoms with E-state index in [2.05, 4.69) is 26.3 Å². The molecule has 0 saturated heterocycles. The third-order valence-electron chi connectivity index (χ3n) is 0.667. The molecule has 0 saturated carbocycles. The Labute approximate surface area is 146 Å². The van der Waals surface area contributed by atoms with E-state index in [4.69, 9.17) is 10.3 Å². The van der Waals surface area contributed by atoms with Gasteiger partial charge in [0.25, 0.3) is 0 Å². The van der Waals surface area contributed by atoms with Gasteiger partial charge in [-0.1, -0.05) is 60.7 Å². The summed E-state index contributed by atoms with van der Waals surface area (Å²) in [4.78, 5) is 0. The predicted octanol–water partition coefficient (Wildman–Crippen LogP) is 0.525. The summed E-state index contributed by atoms with van der Waals surface area (Å²) in [6.45, 7) is 21.0. The van der Waals surface area contributed by atoms with Crippen molar-refractivity contribution in [3.63, 3.8) is 0 Å². The Hall–Kier alpha value is -1.21. The standard InChI is InChI=1S/C6H6.4C3H6.HIO3/c1-2-4-6-5-3-1;4*1-3-2;2-1(3)4/h1-6H;4*3H,1H2,2H3;2H. The van der Waals surface area contributed by atoms with Crippen molar-refractivity contribution in [3.8, 4) is 0 Å². The first-order chi connectivity index (χ1) is 10.4. The van der Waals surface area contributed by atoms with Crippen LogP contribution >= 0.6 is 0 Å². The average molecular weight is 422 g/mol. The maximum Gasteiger partial charge on any atom is 0.503 e. The van der Waals surface area contributed by atoms with Crippen molar-refractivity contribution in [1.82, 2.24) is 0 Å². The Morgan fingerprint density at radius 1 is 0.636 bits per heavy atom. The van der Waals surface area contributed by atoms with Crippen LogP contribution in [-0.2, 0) is 0 Å². The normalized spacial score (nSPS) is 6.18. The van der Waals surface area contributed by atoms with Crippen molar-refractivity contribution in [2.75, 3.05) is 0 Å². The Balaban J connectivity index is -0.0000000546. The molecule has 0 aromatic heterocycles. The summed E-state index contributed by atoms with van der Waals surface area (Å²) in [5, 5.41) is 0. The zero-order valence-corrected chi connectivity index (χ0v) is 16.4. The first-order valence-electron chi connectivity index (χ1n) is 6.42. The van der Waals surface area contributed by atoms with E-state index in [-0.39, 0.29) is 0 Å². The highest BCUT2D eigenvalue weighted by molar-refractivity contribution is 4.99. The molecule has 0 unspecified atom stereocenters. The summed E-state index contributed by atoms with van der Waals surface area (Å²) < 4.78 is 24.5. The minimum atomic E-state index is -3.76. The van der Waals surface area contributed by atoms with Crippen LogP contribution < -0.4 is 27.9 Å². The fourth-order valence-corrected chi connectivity index (χ4v) is 0.385. The summed E-state index contributed by atoms with van der Waals surface area (Å²) >= 11 is -3.76. The second-order valence-electron chi connectivity index (χ2n) is 2.99. The number of hydrogen-bond acceptors (Lipinski definition) is 3. The second kappa shape index (κ2) is 50.3. The Bertz CT molecular complexity index is 232. The highest BCUT2D eigenvalue weighted by Gasteiger charge is 1.89. The van der Waals surface area contributed by atoms with Crippen LogP contribution in [0.25, 0.3) is 0 Å². The van der Waals surface area contributed by atoms with E-state index in [1.807, 2.05) is 64.1 Å². The molecule has 0 atom stereocenters. The SMILES string of the molecule is C=CC.C=CC.C=CC.C=CC.[O-][I+2]([O-])O.c1ccccc1. The summed E-state index contributed by atoms with van der Waals surface area (Å²) in [7, 11) is 0. The molecular weight excluding hydrogens is 391 g/mol. The van der Waals surface area contributed by atoms with E-state index in [1.165, 1.54) is 0 Å². The fourth-order valence-electron chi connectivity index (χ4n) is 0.385. The molecule has 1 N–H and O–H groups in total. The van der Waals surface area contributed by atoms with Gasteiger partial charge in [0.05, 0.1) is 0 Å². The molecule has 0 aliphatic rings. The molecule has 0 bridgehead atoms. The number of allylic oxidation sites excluding steroid dienone is 4. The third kappa shape index (κ3) is 259. The average Bonchev–Trinajstić information content (AvgIpc) is 2.43. The van der Waals surface area contributed by atoms with Gasteiger partial charge in [-0.15, -0.1) is 26.3 Å². The highest BCUT2D eigenvalue weighted by Crippen LogP contribution is 1.79. The minimum absolute atomic E-state index is 1.75. The molecule has 0 amide bonds. The molecule has 0 spiro atoms. The first-order valence-corrected chi connectivity index (χ1v) is 9.15. The van der Waals surface area contributed by atoms with E-state index in [0.29, 0.717) is 0 Å². The van der Waals surface area contributed by atoms with Crippen LogP contribution in [-0.4, -0.2) is 3.44 Å². The predicted molar refractivity (Wildman–Crippen MR) is 92.1 cm³/mol. The van der Waals surface area contributed by atoms with E-state index < -0.39 is 21.1 Å². The highest BCUT2D eigenvalue weighted by atomic mass is 127. The molecule has 1 rings (SSSR count). The molecule has 0 radical (unpaired) electrons. The van der Waals surface area contributed by atoms with Crippen LogP contribution in [0, 0.1) is 0 Å². The molecule has 4 heteroatoms. The monoisotopic (exact) mass is 422 g/mol. The molecule has 0 aliphatic heterocycles. The molecule has 0 heterocycles. The lowest BCUT2D eigenvalue weighted by atomic mass is 10.4. The number of rotatable bonds is 0. The minimum Gasteiger partial charge on any atom is -0.396 e. The maximum absolute atomic E-state index is 8.68. The van der Waals surface area contributed by atoms with Gasteiger partial charge in [0.15, 0.2) is 0 Å². The maximum atomic E-state index is 8.68. The molecule has 0 fully saturated rings. The van der Waals surface area contributed by atoms with Crippen LogP contribution in [0.15, 0.2) is 87.0 Å². The second-order valence-corrected chi connectivity index (χ2v) is 4.14. The van der Waals surface area contributed by atoms with Gasteiger partial charge >= 0.3 is 21.1 Å². The Morgan fingerprint density at radius 2 is 0.682 bits per heavy atom. The van der Waals surface area contributed by atoms with E-state index in [9.17, 15) is 0 Å². The topological polar surface area (TPSA) is 66.3 Å². The molecule has 1 aromatic carbocycles. The van der Waals surface area contributed by atoms with Crippen molar-refractivity contribution in [1.29, 1.82) is 0 Å². The van der Waals surface area contributed by atoms with Crippen molar-refractivity contribution >= 4 is 0 Å². The van der Waals surface area contributed by atoms with Gasteiger partial charge in [0.2, 0.25) is 0 Å².